The van der Waals surface area contributed by atoms with Gasteiger partial charge in [0.2, 0.25) is 5.95 Å². The second-order valence-electron chi connectivity index (χ2n) is 5.73. The van der Waals surface area contributed by atoms with Crippen LogP contribution in [0.15, 0.2) is 30.3 Å². The third-order valence-corrected chi connectivity index (χ3v) is 3.79. The average Bonchev–Trinajstić information content (AvgIpc) is 2.57. The summed E-state index contributed by atoms with van der Waals surface area (Å²) in [5.41, 5.74) is 1.65. The zero-order valence-corrected chi connectivity index (χ0v) is 13.8. The molecule has 24 heavy (non-hydrogen) atoms. The van der Waals surface area contributed by atoms with Crippen molar-refractivity contribution in [2.45, 2.75) is 6.92 Å². The van der Waals surface area contributed by atoms with Crippen LogP contribution in [0, 0.1) is 12.7 Å². The summed E-state index contributed by atoms with van der Waals surface area (Å²) in [5, 5.41) is 6.43. The molecule has 1 aliphatic heterocycles. The molecular weight excluding hydrogens is 309 g/mol. The number of aryl methyl sites for hydroxylation is 1. The van der Waals surface area contributed by atoms with E-state index in [2.05, 4.69) is 25.5 Å². The number of benzene rings is 1. The van der Waals surface area contributed by atoms with Gasteiger partial charge in [-0.3, -0.25) is 4.90 Å². The number of hydrogen-bond donors (Lipinski definition) is 2. The van der Waals surface area contributed by atoms with E-state index in [0.717, 1.165) is 50.8 Å². The molecule has 0 bridgehead atoms. The molecule has 1 aliphatic rings. The fraction of sp³-hybridized carbons (Fsp3) is 0.412. The molecule has 1 aromatic heterocycles. The summed E-state index contributed by atoms with van der Waals surface area (Å²) in [4.78, 5) is 11.2. The van der Waals surface area contributed by atoms with Crippen LogP contribution in [-0.4, -0.2) is 54.3 Å². The molecule has 0 atom stereocenters. The van der Waals surface area contributed by atoms with Crippen LogP contribution in [-0.2, 0) is 4.74 Å². The van der Waals surface area contributed by atoms with Crippen LogP contribution in [0.5, 0.6) is 0 Å². The number of rotatable bonds is 6. The highest BCUT2D eigenvalue weighted by atomic mass is 19.1. The minimum absolute atomic E-state index is 0.259. The van der Waals surface area contributed by atoms with E-state index in [9.17, 15) is 4.39 Å². The molecule has 7 heteroatoms. The van der Waals surface area contributed by atoms with Crippen molar-refractivity contribution in [3.8, 4) is 0 Å². The zero-order valence-electron chi connectivity index (χ0n) is 13.8. The van der Waals surface area contributed by atoms with Crippen LogP contribution in [0.25, 0.3) is 0 Å². The minimum atomic E-state index is -0.259. The largest absolute Gasteiger partial charge is 0.379 e. The molecule has 0 radical (unpaired) electrons. The number of nitrogens with one attached hydrogen (secondary N) is 2. The Balaban J connectivity index is 1.57. The van der Waals surface area contributed by atoms with Gasteiger partial charge in [0.05, 0.1) is 13.2 Å². The molecule has 1 aromatic carbocycles. The number of nitrogens with zero attached hydrogens (tertiary/aromatic N) is 3. The Hall–Kier alpha value is -2.25. The summed E-state index contributed by atoms with van der Waals surface area (Å²) in [6.45, 7) is 7.16. The van der Waals surface area contributed by atoms with Crippen molar-refractivity contribution >= 4 is 17.5 Å². The highest BCUT2D eigenvalue weighted by Crippen LogP contribution is 2.17. The summed E-state index contributed by atoms with van der Waals surface area (Å²) in [6.07, 6.45) is 0. The van der Waals surface area contributed by atoms with Crippen molar-refractivity contribution in [3.05, 3.63) is 41.8 Å². The molecule has 0 spiro atoms. The van der Waals surface area contributed by atoms with E-state index in [1.54, 1.807) is 12.1 Å². The van der Waals surface area contributed by atoms with Crippen LogP contribution in [0.4, 0.5) is 21.8 Å². The molecule has 1 fully saturated rings. The van der Waals surface area contributed by atoms with Gasteiger partial charge in [0.1, 0.15) is 11.6 Å². The van der Waals surface area contributed by atoms with Gasteiger partial charge in [0, 0.05) is 43.6 Å². The van der Waals surface area contributed by atoms with E-state index in [1.807, 2.05) is 13.0 Å². The van der Waals surface area contributed by atoms with Gasteiger partial charge in [-0.1, -0.05) is 0 Å². The number of aromatic nitrogens is 2. The predicted molar refractivity (Wildman–Crippen MR) is 92.2 cm³/mol. The Labute approximate surface area is 141 Å². The molecule has 0 amide bonds. The molecule has 128 valence electrons. The number of morpholine rings is 1. The third-order valence-electron chi connectivity index (χ3n) is 3.79. The smallest absolute Gasteiger partial charge is 0.224 e. The summed E-state index contributed by atoms with van der Waals surface area (Å²) in [7, 11) is 0. The molecule has 3 rings (SSSR count). The quantitative estimate of drug-likeness (QED) is 0.848. The van der Waals surface area contributed by atoms with E-state index < -0.39 is 0 Å². The number of halogens is 1. The molecule has 2 aromatic rings. The maximum Gasteiger partial charge on any atom is 0.224 e. The minimum Gasteiger partial charge on any atom is -0.379 e. The molecule has 0 aliphatic carbocycles. The van der Waals surface area contributed by atoms with E-state index in [0.29, 0.717) is 11.8 Å². The SMILES string of the molecule is Cc1cc(Nc2ccc(F)cc2)nc(NCCN2CCOCC2)n1. The second-order valence-corrected chi connectivity index (χ2v) is 5.73. The normalized spacial score (nSPS) is 15.2. The van der Waals surface area contributed by atoms with Gasteiger partial charge in [-0.2, -0.15) is 4.98 Å². The first kappa shape index (κ1) is 16.6. The monoisotopic (exact) mass is 331 g/mol. The van der Waals surface area contributed by atoms with E-state index in [4.69, 9.17) is 4.74 Å². The van der Waals surface area contributed by atoms with Gasteiger partial charge in [-0.05, 0) is 31.2 Å². The predicted octanol–water partition coefficient (Wildman–Crippen LogP) is 2.41. The zero-order chi connectivity index (χ0) is 16.8. The van der Waals surface area contributed by atoms with Gasteiger partial charge >= 0.3 is 0 Å². The average molecular weight is 331 g/mol. The molecule has 6 nitrogen and oxygen atoms in total. The highest BCUT2D eigenvalue weighted by Gasteiger charge is 2.10. The van der Waals surface area contributed by atoms with Gasteiger partial charge in [0.15, 0.2) is 0 Å². The van der Waals surface area contributed by atoms with E-state index >= 15 is 0 Å². The van der Waals surface area contributed by atoms with Crippen molar-refractivity contribution in [3.63, 3.8) is 0 Å². The number of ether oxygens (including phenoxy) is 1. The van der Waals surface area contributed by atoms with Gasteiger partial charge in [-0.25, -0.2) is 9.37 Å². The number of hydrogen-bond acceptors (Lipinski definition) is 6. The topological polar surface area (TPSA) is 62.3 Å². The van der Waals surface area contributed by atoms with Crippen LogP contribution in [0.1, 0.15) is 5.69 Å². The van der Waals surface area contributed by atoms with E-state index in [-0.39, 0.29) is 5.82 Å². The highest BCUT2D eigenvalue weighted by molar-refractivity contribution is 5.57. The Morgan fingerprint density at radius 1 is 1.17 bits per heavy atom. The first-order valence-corrected chi connectivity index (χ1v) is 8.11. The summed E-state index contributed by atoms with van der Waals surface area (Å²) < 4.78 is 18.3. The lowest BCUT2D eigenvalue weighted by atomic mass is 10.3. The Morgan fingerprint density at radius 3 is 2.67 bits per heavy atom. The maximum atomic E-state index is 13.0. The van der Waals surface area contributed by atoms with Crippen LogP contribution >= 0.6 is 0 Å². The number of anilines is 3. The summed E-state index contributed by atoms with van der Waals surface area (Å²) >= 11 is 0. The van der Waals surface area contributed by atoms with Gasteiger partial charge in [0.25, 0.3) is 0 Å². The van der Waals surface area contributed by atoms with Crippen LogP contribution in [0.3, 0.4) is 0 Å². The lowest BCUT2D eigenvalue weighted by molar-refractivity contribution is 0.0398. The standard InChI is InChI=1S/C17H22FN5O/c1-13-12-16(21-15-4-2-14(18)3-5-15)22-17(20-13)19-6-7-23-8-10-24-11-9-23/h2-5,12H,6-11H2,1H3,(H2,19,20,21,22). The van der Waals surface area contributed by atoms with Crippen molar-refractivity contribution in [2.24, 2.45) is 0 Å². The Bertz CT molecular complexity index is 659. The first-order valence-electron chi connectivity index (χ1n) is 8.11. The van der Waals surface area contributed by atoms with Crippen molar-refractivity contribution in [1.29, 1.82) is 0 Å². The van der Waals surface area contributed by atoms with Crippen molar-refractivity contribution in [2.75, 3.05) is 50.0 Å². The second kappa shape index (κ2) is 8.03. The first-order chi connectivity index (χ1) is 11.7. The summed E-state index contributed by atoms with van der Waals surface area (Å²) in [6, 6.07) is 8.04. The fourth-order valence-electron chi connectivity index (χ4n) is 2.54. The fourth-order valence-corrected chi connectivity index (χ4v) is 2.54. The van der Waals surface area contributed by atoms with Crippen molar-refractivity contribution in [1.82, 2.24) is 14.9 Å². The van der Waals surface area contributed by atoms with Crippen LogP contribution < -0.4 is 10.6 Å². The Morgan fingerprint density at radius 2 is 1.92 bits per heavy atom. The molecule has 2 heterocycles. The molecule has 0 unspecified atom stereocenters. The lowest BCUT2D eigenvalue weighted by Gasteiger charge is -2.26. The van der Waals surface area contributed by atoms with E-state index in [1.165, 1.54) is 12.1 Å². The molecule has 0 saturated carbocycles. The Kier molecular flexibility index (Phi) is 5.55. The third kappa shape index (κ3) is 4.87. The molecule has 2 N–H and O–H groups in total. The van der Waals surface area contributed by atoms with Gasteiger partial charge < -0.3 is 15.4 Å². The molecule has 1 saturated heterocycles. The van der Waals surface area contributed by atoms with Crippen LogP contribution in [0.2, 0.25) is 0 Å². The summed E-state index contributed by atoms with van der Waals surface area (Å²) in [5.74, 6) is 1.01. The lowest BCUT2D eigenvalue weighted by Crippen LogP contribution is -2.39. The van der Waals surface area contributed by atoms with Crippen molar-refractivity contribution < 1.29 is 9.13 Å². The molecular formula is C17H22FN5O. The maximum absolute atomic E-state index is 13.0. The van der Waals surface area contributed by atoms with Gasteiger partial charge in [-0.15, -0.1) is 0 Å².